The van der Waals surface area contributed by atoms with Crippen LogP contribution in [0.3, 0.4) is 0 Å². The second kappa shape index (κ2) is 8.16. The first-order chi connectivity index (χ1) is 11.1. The summed E-state index contributed by atoms with van der Waals surface area (Å²) in [5.74, 6) is 3.09. The second-order valence-electron chi connectivity index (χ2n) is 4.35. The summed E-state index contributed by atoms with van der Waals surface area (Å²) < 4.78 is 32.1. The zero-order valence-corrected chi connectivity index (χ0v) is 12.7. The van der Waals surface area contributed by atoms with Gasteiger partial charge in [0.25, 0.3) is 5.91 Å². The third kappa shape index (κ3) is 4.70. The van der Waals surface area contributed by atoms with Crippen molar-refractivity contribution in [3.8, 4) is 17.6 Å². The highest BCUT2D eigenvalue weighted by Crippen LogP contribution is 2.22. The Kier molecular flexibility index (Phi) is 5.95. The van der Waals surface area contributed by atoms with Crippen LogP contribution in [0.2, 0.25) is 5.02 Å². The van der Waals surface area contributed by atoms with E-state index in [0.717, 1.165) is 12.1 Å². The Labute approximate surface area is 137 Å². The normalized spacial score (nSPS) is 9.70. The molecule has 0 atom stereocenters. The zero-order chi connectivity index (χ0) is 16.7. The molecular formula is C17H12ClF2NO2. The number of halogens is 3. The SMILES string of the molecule is O=C(NCC#CCOc1ccccc1Cl)c1c(F)cccc1F. The predicted molar refractivity (Wildman–Crippen MR) is 83.4 cm³/mol. The lowest BCUT2D eigenvalue weighted by molar-refractivity contribution is 0.0950. The number of carbonyl (C=O) groups excluding carboxylic acids is 1. The molecule has 0 aliphatic heterocycles. The number of rotatable bonds is 4. The zero-order valence-electron chi connectivity index (χ0n) is 11.9. The highest BCUT2D eigenvalue weighted by atomic mass is 35.5. The van der Waals surface area contributed by atoms with E-state index in [0.29, 0.717) is 10.8 Å². The average molecular weight is 336 g/mol. The third-order valence-electron chi connectivity index (χ3n) is 2.79. The van der Waals surface area contributed by atoms with E-state index in [1.54, 1.807) is 24.3 Å². The molecule has 0 unspecified atom stereocenters. The van der Waals surface area contributed by atoms with E-state index >= 15 is 0 Å². The van der Waals surface area contributed by atoms with Gasteiger partial charge in [-0.2, -0.15) is 0 Å². The first-order valence-electron chi connectivity index (χ1n) is 6.65. The van der Waals surface area contributed by atoms with Gasteiger partial charge in [-0.25, -0.2) is 8.78 Å². The Morgan fingerprint density at radius 3 is 2.48 bits per heavy atom. The smallest absolute Gasteiger partial charge is 0.258 e. The Balaban J connectivity index is 1.82. The number of hydrogen-bond acceptors (Lipinski definition) is 2. The van der Waals surface area contributed by atoms with E-state index in [2.05, 4.69) is 17.2 Å². The maximum Gasteiger partial charge on any atom is 0.258 e. The maximum atomic E-state index is 13.4. The van der Waals surface area contributed by atoms with Gasteiger partial charge < -0.3 is 10.1 Å². The second-order valence-corrected chi connectivity index (χ2v) is 4.76. The Morgan fingerprint density at radius 1 is 1.09 bits per heavy atom. The van der Waals surface area contributed by atoms with Gasteiger partial charge in [-0.3, -0.25) is 4.79 Å². The molecule has 0 saturated heterocycles. The summed E-state index contributed by atoms with van der Waals surface area (Å²) in [6.07, 6.45) is 0. The van der Waals surface area contributed by atoms with E-state index in [4.69, 9.17) is 16.3 Å². The average Bonchev–Trinajstić information content (AvgIpc) is 2.52. The number of benzene rings is 2. The molecule has 0 bridgehead atoms. The first kappa shape index (κ1) is 16.8. The van der Waals surface area contributed by atoms with Gasteiger partial charge in [0.2, 0.25) is 0 Å². The fraction of sp³-hybridized carbons (Fsp3) is 0.118. The van der Waals surface area contributed by atoms with Crippen LogP contribution in [0.4, 0.5) is 8.78 Å². The van der Waals surface area contributed by atoms with Gasteiger partial charge >= 0.3 is 0 Å². The van der Waals surface area contributed by atoms with Crippen molar-refractivity contribution in [1.29, 1.82) is 0 Å². The summed E-state index contributed by atoms with van der Waals surface area (Å²) in [7, 11) is 0. The molecule has 2 aromatic rings. The fourth-order valence-corrected chi connectivity index (χ4v) is 1.91. The van der Waals surface area contributed by atoms with Crippen molar-refractivity contribution in [3.63, 3.8) is 0 Å². The highest BCUT2D eigenvalue weighted by molar-refractivity contribution is 6.32. The van der Waals surface area contributed by atoms with E-state index in [-0.39, 0.29) is 13.2 Å². The number of amides is 1. The van der Waals surface area contributed by atoms with Crippen LogP contribution in [-0.2, 0) is 0 Å². The summed E-state index contributed by atoms with van der Waals surface area (Å²) >= 11 is 5.90. The molecular weight excluding hydrogens is 324 g/mol. The van der Waals surface area contributed by atoms with Crippen molar-refractivity contribution in [1.82, 2.24) is 5.32 Å². The number of carbonyl (C=O) groups is 1. The summed E-state index contributed by atoms with van der Waals surface area (Å²) in [5, 5.41) is 2.79. The van der Waals surface area contributed by atoms with E-state index in [1.807, 2.05) is 0 Å². The molecule has 0 fully saturated rings. The van der Waals surface area contributed by atoms with Crippen molar-refractivity contribution in [2.45, 2.75) is 0 Å². The van der Waals surface area contributed by atoms with Crippen LogP contribution in [0.15, 0.2) is 42.5 Å². The molecule has 2 aromatic carbocycles. The predicted octanol–water partition coefficient (Wildman–Crippen LogP) is 3.43. The molecule has 6 heteroatoms. The van der Waals surface area contributed by atoms with Crippen LogP contribution in [0.5, 0.6) is 5.75 Å². The van der Waals surface area contributed by atoms with Crippen LogP contribution >= 0.6 is 11.6 Å². The minimum Gasteiger partial charge on any atom is -0.479 e. The van der Waals surface area contributed by atoms with Crippen LogP contribution in [-0.4, -0.2) is 19.1 Å². The number of nitrogens with one attached hydrogen (secondary N) is 1. The molecule has 0 spiro atoms. The van der Waals surface area contributed by atoms with Crippen molar-refractivity contribution < 1.29 is 18.3 Å². The Hall–Kier alpha value is -2.58. The minimum atomic E-state index is -0.919. The molecule has 0 heterocycles. The molecule has 0 aliphatic rings. The van der Waals surface area contributed by atoms with Gasteiger partial charge in [0.1, 0.15) is 29.6 Å². The number of hydrogen-bond donors (Lipinski definition) is 1. The van der Waals surface area contributed by atoms with Gasteiger partial charge in [0.05, 0.1) is 11.6 Å². The first-order valence-corrected chi connectivity index (χ1v) is 7.02. The summed E-state index contributed by atoms with van der Waals surface area (Å²) in [6, 6.07) is 10.2. The standard InChI is InChI=1S/C17H12ClF2NO2/c18-12-6-1-2-9-15(12)23-11-4-3-10-21-17(22)16-13(19)7-5-8-14(16)20/h1-2,5-9H,10-11H2,(H,21,22). The number of ether oxygens (including phenoxy) is 1. The lowest BCUT2D eigenvalue weighted by atomic mass is 10.2. The Bertz CT molecular complexity index is 748. The van der Waals surface area contributed by atoms with E-state index in [1.165, 1.54) is 6.07 Å². The third-order valence-corrected chi connectivity index (χ3v) is 3.10. The summed E-state index contributed by atoms with van der Waals surface area (Å²) in [5.41, 5.74) is -0.624. The van der Waals surface area contributed by atoms with Crippen molar-refractivity contribution in [2.24, 2.45) is 0 Å². The maximum absolute atomic E-state index is 13.4. The molecule has 3 nitrogen and oxygen atoms in total. The summed E-state index contributed by atoms with van der Waals surface area (Å²) in [4.78, 5) is 11.7. The van der Waals surface area contributed by atoms with Crippen LogP contribution < -0.4 is 10.1 Å². The van der Waals surface area contributed by atoms with Gasteiger partial charge in [-0.15, -0.1) is 0 Å². The Morgan fingerprint density at radius 2 is 1.78 bits per heavy atom. The van der Waals surface area contributed by atoms with Crippen LogP contribution in [0.25, 0.3) is 0 Å². The molecule has 1 N–H and O–H groups in total. The lowest BCUT2D eigenvalue weighted by Crippen LogP contribution is -2.25. The molecule has 118 valence electrons. The molecule has 0 aliphatic carbocycles. The minimum absolute atomic E-state index is 0.0571. The van der Waals surface area contributed by atoms with Crippen LogP contribution in [0.1, 0.15) is 10.4 Å². The quantitative estimate of drug-likeness (QED) is 0.869. The highest BCUT2D eigenvalue weighted by Gasteiger charge is 2.15. The van der Waals surface area contributed by atoms with Crippen molar-refractivity contribution in [3.05, 3.63) is 64.7 Å². The lowest BCUT2D eigenvalue weighted by Gasteiger charge is -2.04. The topological polar surface area (TPSA) is 38.3 Å². The van der Waals surface area contributed by atoms with Crippen LogP contribution in [0, 0.1) is 23.5 Å². The molecule has 0 aromatic heterocycles. The van der Waals surface area contributed by atoms with Crippen molar-refractivity contribution >= 4 is 17.5 Å². The van der Waals surface area contributed by atoms with E-state index in [9.17, 15) is 13.6 Å². The monoisotopic (exact) mass is 335 g/mol. The fourth-order valence-electron chi connectivity index (χ4n) is 1.72. The summed E-state index contributed by atoms with van der Waals surface area (Å²) in [6.45, 7) is 0.0200. The largest absolute Gasteiger partial charge is 0.479 e. The van der Waals surface area contributed by atoms with Gasteiger partial charge in [-0.1, -0.05) is 41.6 Å². The number of para-hydroxylation sites is 1. The molecule has 0 radical (unpaired) electrons. The van der Waals surface area contributed by atoms with Gasteiger partial charge in [-0.05, 0) is 24.3 Å². The molecule has 0 saturated carbocycles. The molecule has 23 heavy (non-hydrogen) atoms. The molecule has 1 amide bonds. The molecule has 2 rings (SSSR count). The van der Waals surface area contributed by atoms with Gasteiger partial charge in [0, 0.05) is 0 Å². The van der Waals surface area contributed by atoms with Gasteiger partial charge in [0.15, 0.2) is 0 Å². The van der Waals surface area contributed by atoms with E-state index < -0.39 is 23.1 Å². The van der Waals surface area contributed by atoms with Crippen molar-refractivity contribution in [2.75, 3.05) is 13.2 Å².